The van der Waals surface area contributed by atoms with Gasteiger partial charge in [0.2, 0.25) is 11.8 Å². The Balaban J connectivity index is 1.85. The maximum atomic E-state index is 14.0. The first-order chi connectivity index (χ1) is 12.6. The Hall–Kier alpha value is -1.95. The van der Waals surface area contributed by atoms with E-state index in [2.05, 4.69) is 17.6 Å². The number of unbranched alkanes of at least 4 members (excludes halogenated alkanes) is 2. The van der Waals surface area contributed by atoms with Crippen LogP contribution < -0.4 is 10.6 Å². The zero-order valence-corrected chi connectivity index (χ0v) is 15.5. The van der Waals surface area contributed by atoms with E-state index in [0.29, 0.717) is 12.3 Å². The van der Waals surface area contributed by atoms with Crippen LogP contribution in [-0.2, 0) is 14.3 Å². The second kappa shape index (κ2) is 10.9. The monoisotopic (exact) mass is 364 g/mol. The number of carbonyl (C=O) groups is 2. The zero-order chi connectivity index (χ0) is 18.8. The van der Waals surface area contributed by atoms with Crippen molar-refractivity contribution in [3.05, 3.63) is 24.0 Å². The summed E-state index contributed by atoms with van der Waals surface area (Å²) in [4.78, 5) is 24.2. The van der Waals surface area contributed by atoms with Crippen molar-refractivity contribution in [1.82, 2.24) is 0 Å². The lowest BCUT2D eigenvalue weighted by molar-refractivity contribution is -0.121. The zero-order valence-electron chi connectivity index (χ0n) is 15.5. The van der Waals surface area contributed by atoms with Crippen molar-refractivity contribution in [3.8, 4) is 0 Å². The SMILES string of the molecule is CCCCCOCC(=O)Nc1ccc(F)c(NC(=O)C2CCCCC2)c1. The largest absolute Gasteiger partial charge is 0.372 e. The highest BCUT2D eigenvalue weighted by atomic mass is 19.1. The van der Waals surface area contributed by atoms with E-state index in [-0.39, 0.29) is 30.0 Å². The van der Waals surface area contributed by atoms with Gasteiger partial charge in [0.1, 0.15) is 12.4 Å². The highest BCUT2D eigenvalue weighted by molar-refractivity contribution is 5.95. The van der Waals surface area contributed by atoms with E-state index in [9.17, 15) is 14.0 Å². The molecule has 2 rings (SSSR count). The molecule has 2 N–H and O–H groups in total. The summed E-state index contributed by atoms with van der Waals surface area (Å²) in [6.45, 7) is 2.62. The molecule has 0 spiro atoms. The summed E-state index contributed by atoms with van der Waals surface area (Å²) in [5.74, 6) is -1.01. The number of hydrogen-bond acceptors (Lipinski definition) is 3. The summed E-state index contributed by atoms with van der Waals surface area (Å²) in [6, 6.07) is 4.17. The molecule has 0 heterocycles. The standard InChI is InChI=1S/C20H29FN2O3/c1-2-3-7-12-26-14-19(24)22-16-10-11-17(21)18(13-16)23-20(25)15-8-5-4-6-9-15/h10-11,13,15H,2-9,12,14H2,1H3,(H,22,24)(H,23,25). The Morgan fingerprint density at radius 1 is 1.15 bits per heavy atom. The van der Waals surface area contributed by atoms with E-state index in [0.717, 1.165) is 51.4 Å². The molecule has 0 aliphatic heterocycles. The maximum Gasteiger partial charge on any atom is 0.250 e. The van der Waals surface area contributed by atoms with Gasteiger partial charge in [-0.2, -0.15) is 0 Å². The molecule has 1 aliphatic carbocycles. The van der Waals surface area contributed by atoms with Gasteiger partial charge in [-0.25, -0.2) is 4.39 Å². The van der Waals surface area contributed by atoms with Crippen LogP contribution in [0.4, 0.5) is 15.8 Å². The number of carbonyl (C=O) groups excluding carboxylic acids is 2. The van der Waals surface area contributed by atoms with Crippen molar-refractivity contribution in [2.45, 2.75) is 58.3 Å². The van der Waals surface area contributed by atoms with Gasteiger partial charge in [0.15, 0.2) is 0 Å². The van der Waals surface area contributed by atoms with E-state index < -0.39 is 5.82 Å². The molecule has 0 aromatic heterocycles. The molecule has 0 saturated heterocycles. The van der Waals surface area contributed by atoms with Gasteiger partial charge in [0.25, 0.3) is 0 Å². The first-order valence-electron chi connectivity index (χ1n) is 9.58. The average Bonchev–Trinajstić information content (AvgIpc) is 2.65. The van der Waals surface area contributed by atoms with Crippen LogP contribution in [0.25, 0.3) is 0 Å². The average molecular weight is 364 g/mol. The molecular formula is C20H29FN2O3. The molecule has 1 fully saturated rings. The molecule has 6 heteroatoms. The van der Waals surface area contributed by atoms with Gasteiger partial charge in [-0.15, -0.1) is 0 Å². The third kappa shape index (κ3) is 6.75. The number of nitrogens with one attached hydrogen (secondary N) is 2. The van der Waals surface area contributed by atoms with Gasteiger partial charge in [-0.05, 0) is 37.5 Å². The van der Waals surface area contributed by atoms with Gasteiger partial charge in [-0.3, -0.25) is 9.59 Å². The smallest absolute Gasteiger partial charge is 0.250 e. The molecule has 2 amide bonds. The minimum atomic E-state index is -0.511. The molecule has 144 valence electrons. The van der Waals surface area contributed by atoms with Crippen LogP contribution in [0.3, 0.4) is 0 Å². The maximum absolute atomic E-state index is 14.0. The van der Waals surface area contributed by atoms with Crippen molar-refractivity contribution in [3.63, 3.8) is 0 Å². The van der Waals surface area contributed by atoms with Crippen LogP contribution in [0.2, 0.25) is 0 Å². The van der Waals surface area contributed by atoms with Crippen molar-refractivity contribution >= 4 is 23.2 Å². The summed E-state index contributed by atoms with van der Waals surface area (Å²) >= 11 is 0. The summed E-state index contributed by atoms with van der Waals surface area (Å²) in [7, 11) is 0. The lowest BCUT2D eigenvalue weighted by atomic mass is 9.88. The fraction of sp³-hybridized carbons (Fsp3) is 0.600. The first kappa shape index (κ1) is 20.4. The highest BCUT2D eigenvalue weighted by Crippen LogP contribution is 2.26. The molecule has 0 unspecified atom stereocenters. The van der Waals surface area contributed by atoms with Gasteiger partial charge in [0, 0.05) is 18.2 Å². The van der Waals surface area contributed by atoms with Gasteiger partial charge in [0.05, 0.1) is 5.69 Å². The van der Waals surface area contributed by atoms with E-state index >= 15 is 0 Å². The molecule has 5 nitrogen and oxygen atoms in total. The number of benzene rings is 1. The third-order valence-electron chi connectivity index (χ3n) is 4.61. The van der Waals surface area contributed by atoms with Crippen molar-refractivity contribution in [2.24, 2.45) is 5.92 Å². The minimum absolute atomic E-state index is 0.0368. The minimum Gasteiger partial charge on any atom is -0.372 e. The summed E-state index contributed by atoms with van der Waals surface area (Å²) in [5, 5.41) is 5.33. The molecule has 0 atom stereocenters. The number of ether oxygens (including phenoxy) is 1. The molecule has 1 aliphatic rings. The van der Waals surface area contributed by atoms with Crippen molar-refractivity contribution < 1.29 is 18.7 Å². The van der Waals surface area contributed by atoms with Crippen LogP contribution in [-0.4, -0.2) is 25.0 Å². The summed E-state index contributed by atoms with van der Waals surface area (Å²) in [5.41, 5.74) is 0.537. The number of anilines is 2. The fourth-order valence-electron chi connectivity index (χ4n) is 3.11. The predicted molar refractivity (Wildman–Crippen MR) is 101 cm³/mol. The Bertz CT molecular complexity index is 601. The normalized spacial score (nSPS) is 14.8. The van der Waals surface area contributed by atoms with Gasteiger partial charge in [-0.1, -0.05) is 39.0 Å². The van der Waals surface area contributed by atoms with Crippen LogP contribution in [0.15, 0.2) is 18.2 Å². The van der Waals surface area contributed by atoms with Crippen molar-refractivity contribution in [1.29, 1.82) is 0 Å². The Kier molecular flexibility index (Phi) is 8.54. The summed E-state index contributed by atoms with van der Waals surface area (Å²) < 4.78 is 19.3. The lowest BCUT2D eigenvalue weighted by Gasteiger charge is -2.21. The topological polar surface area (TPSA) is 67.4 Å². The Morgan fingerprint density at radius 3 is 2.65 bits per heavy atom. The van der Waals surface area contributed by atoms with Crippen LogP contribution in [0.1, 0.15) is 58.3 Å². The molecule has 1 saturated carbocycles. The first-order valence-corrected chi connectivity index (χ1v) is 9.58. The Morgan fingerprint density at radius 2 is 1.92 bits per heavy atom. The number of rotatable bonds is 9. The van der Waals surface area contributed by atoms with Crippen LogP contribution in [0.5, 0.6) is 0 Å². The quantitative estimate of drug-likeness (QED) is 0.635. The third-order valence-corrected chi connectivity index (χ3v) is 4.61. The van der Waals surface area contributed by atoms with E-state index in [1.807, 2.05) is 0 Å². The second-order valence-electron chi connectivity index (χ2n) is 6.83. The second-order valence-corrected chi connectivity index (χ2v) is 6.83. The highest BCUT2D eigenvalue weighted by Gasteiger charge is 2.22. The molecule has 1 aromatic carbocycles. The molecular weight excluding hydrogens is 335 g/mol. The van der Waals surface area contributed by atoms with E-state index in [1.165, 1.54) is 18.2 Å². The number of hydrogen-bond donors (Lipinski definition) is 2. The van der Waals surface area contributed by atoms with Crippen molar-refractivity contribution in [2.75, 3.05) is 23.8 Å². The van der Waals surface area contributed by atoms with E-state index in [1.54, 1.807) is 0 Å². The molecule has 0 radical (unpaired) electrons. The number of amides is 2. The summed E-state index contributed by atoms with van der Waals surface area (Å²) in [6.07, 6.45) is 8.02. The van der Waals surface area contributed by atoms with Gasteiger partial charge < -0.3 is 15.4 Å². The number of halogens is 1. The predicted octanol–water partition coefficient (Wildman–Crippen LogP) is 4.49. The Labute approximate surface area is 154 Å². The van der Waals surface area contributed by atoms with Crippen LogP contribution >= 0.6 is 0 Å². The molecule has 26 heavy (non-hydrogen) atoms. The fourth-order valence-corrected chi connectivity index (χ4v) is 3.11. The van der Waals surface area contributed by atoms with Crippen LogP contribution in [0, 0.1) is 11.7 Å². The lowest BCUT2D eigenvalue weighted by Crippen LogP contribution is -2.25. The molecule has 1 aromatic rings. The molecule has 0 bridgehead atoms. The van der Waals surface area contributed by atoms with E-state index in [4.69, 9.17) is 4.74 Å². The van der Waals surface area contributed by atoms with Gasteiger partial charge >= 0.3 is 0 Å².